The lowest BCUT2D eigenvalue weighted by Crippen LogP contribution is -1.95. The largest absolute Gasteiger partial charge is 0.495 e. The van der Waals surface area contributed by atoms with E-state index in [1.807, 2.05) is 11.4 Å². The lowest BCUT2D eigenvalue weighted by atomic mass is 10.2. The van der Waals surface area contributed by atoms with Crippen molar-refractivity contribution in [3.8, 4) is 5.75 Å². The van der Waals surface area contributed by atoms with Gasteiger partial charge in [-0.25, -0.2) is 8.42 Å². The van der Waals surface area contributed by atoms with Crippen LogP contribution in [0.25, 0.3) is 10.1 Å². The van der Waals surface area contributed by atoms with Crippen LogP contribution in [-0.2, 0) is 9.05 Å². The Hall–Kier alpha value is -0.780. The molecule has 0 saturated heterocycles. The van der Waals surface area contributed by atoms with Crippen LogP contribution in [0.1, 0.15) is 0 Å². The summed E-state index contributed by atoms with van der Waals surface area (Å²) in [5.41, 5.74) is 0. The lowest BCUT2D eigenvalue weighted by Gasteiger charge is -2.06. The number of methoxy groups -OCH3 is 1. The van der Waals surface area contributed by atoms with Crippen molar-refractivity contribution in [1.29, 1.82) is 0 Å². The fourth-order valence-electron chi connectivity index (χ4n) is 1.40. The maximum atomic E-state index is 11.3. The van der Waals surface area contributed by atoms with Crippen molar-refractivity contribution in [2.24, 2.45) is 0 Å². The molecule has 0 fully saturated rings. The monoisotopic (exact) mass is 262 g/mol. The van der Waals surface area contributed by atoms with Gasteiger partial charge in [0.1, 0.15) is 10.6 Å². The summed E-state index contributed by atoms with van der Waals surface area (Å²) in [6.45, 7) is 0. The number of hydrogen-bond acceptors (Lipinski definition) is 4. The summed E-state index contributed by atoms with van der Waals surface area (Å²) in [5, 5.41) is 2.64. The number of thiophene rings is 1. The predicted molar refractivity (Wildman–Crippen MR) is 61.4 cm³/mol. The van der Waals surface area contributed by atoms with Crippen molar-refractivity contribution in [3.63, 3.8) is 0 Å². The molecule has 0 aliphatic rings. The molecular weight excluding hydrogens is 256 g/mol. The average Bonchev–Trinajstić information content (AvgIpc) is 2.61. The van der Waals surface area contributed by atoms with Gasteiger partial charge in [-0.2, -0.15) is 0 Å². The van der Waals surface area contributed by atoms with Crippen LogP contribution in [0.15, 0.2) is 28.5 Å². The normalized spacial score (nSPS) is 11.9. The number of benzene rings is 1. The van der Waals surface area contributed by atoms with Crippen LogP contribution in [-0.4, -0.2) is 15.5 Å². The van der Waals surface area contributed by atoms with E-state index >= 15 is 0 Å². The maximum Gasteiger partial charge on any atom is 0.265 e. The fraction of sp³-hybridized carbons (Fsp3) is 0.111. The van der Waals surface area contributed by atoms with Gasteiger partial charge in [0.05, 0.1) is 7.11 Å². The molecule has 0 radical (unpaired) electrons. The zero-order valence-electron chi connectivity index (χ0n) is 7.73. The highest BCUT2D eigenvalue weighted by atomic mass is 35.7. The first-order chi connectivity index (χ1) is 7.04. The van der Waals surface area contributed by atoms with Crippen molar-refractivity contribution in [2.75, 3.05) is 7.11 Å². The van der Waals surface area contributed by atoms with Crippen LogP contribution in [0.2, 0.25) is 0 Å². The van der Waals surface area contributed by atoms with Gasteiger partial charge in [-0.3, -0.25) is 0 Å². The summed E-state index contributed by atoms with van der Waals surface area (Å²) in [7, 11) is 2.97. The third-order valence-corrected chi connectivity index (χ3v) is 4.24. The first-order valence-electron chi connectivity index (χ1n) is 4.03. The van der Waals surface area contributed by atoms with Crippen molar-refractivity contribution in [3.05, 3.63) is 23.6 Å². The third kappa shape index (κ3) is 1.82. The van der Waals surface area contributed by atoms with Gasteiger partial charge >= 0.3 is 0 Å². The minimum absolute atomic E-state index is 0.0116. The van der Waals surface area contributed by atoms with Gasteiger partial charge in [0, 0.05) is 20.8 Å². The lowest BCUT2D eigenvalue weighted by molar-refractivity contribution is 0.408. The molecule has 2 rings (SSSR count). The Labute approximate surface area is 95.7 Å². The minimum atomic E-state index is -3.76. The topological polar surface area (TPSA) is 43.4 Å². The van der Waals surface area contributed by atoms with Gasteiger partial charge in [0.2, 0.25) is 0 Å². The van der Waals surface area contributed by atoms with E-state index in [4.69, 9.17) is 15.4 Å². The number of ether oxygens (including phenoxy) is 1. The van der Waals surface area contributed by atoms with Gasteiger partial charge in [0.25, 0.3) is 9.05 Å². The zero-order valence-corrected chi connectivity index (χ0v) is 10.1. The second-order valence-electron chi connectivity index (χ2n) is 2.87. The summed E-state index contributed by atoms with van der Waals surface area (Å²) in [6, 6.07) is 4.99. The van der Waals surface area contributed by atoms with Crippen LogP contribution in [0, 0.1) is 0 Å². The van der Waals surface area contributed by atoms with Gasteiger partial charge < -0.3 is 4.74 Å². The van der Waals surface area contributed by atoms with Gasteiger partial charge in [0.15, 0.2) is 0 Å². The third-order valence-electron chi connectivity index (χ3n) is 2.02. The molecule has 0 amide bonds. The molecule has 15 heavy (non-hydrogen) atoms. The van der Waals surface area contributed by atoms with E-state index in [1.165, 1.54) is 24.5 Å². The zero-order chi connectivity index (χ0) is 11.1. The number of fused-ring (bicyclic) bond motifs is 1. The Balaban J connectivity index is 2.87. The molecule has 0 unspecified atom stereocenters. The quantitative estimate of drug-likeness (QED) is 0.782. The fourth-order valence-corrected chi connectivity index (χ4v) is 3.19. The van der Waals surface area contributed by atoms with Crippen molar-refractivity contribution in [1.82, 2.24) is 0 Å². The van der Waals surface area contributed by atoms with E-state index in [2.05, 4.69) is 0 Å². The molecule has 1 aromatic heterocycles. The SMILES string of the molecule is COc1c(S(=O)(=O)Cl)ccc2sccc12. The number of halogens is 1. The van der Waals surface area contributed by atoms with E-state index in [0.717, 1.165) is 10.1 Å². The molecule has 1 aromatic carbocycles. The molecule has 0 spiro atoms. The van der Waals surface area contributed by atoms with E-state index in [0.29, 0.717) is 5.75 Å². The van der Waals surface area contributed by atoms with Gasteiger partial charge in [-0.05, 0) is 23.6 Å². The molecule has 1 heterocycles. The molecule has 0 bridgehead atoms. The molecule has 0 atom stereocenters. The van der Waals surface area contributed by atoms with E-state index < -0.39 is 9.05 Å². The molecule has 3 nitrogen and oxygen atoms in total. The second kappa shape index (κ2) is 3.66. The molecule has 0 aliphatic carbocycles. The first kappa shape index (κ1) is 10.7. The molecule has 0 N–H and O–H groups in total. The van der Waals surface area contributed by atoms with Crippen molar-refractivity contribution < 1.29 is 13.2 Å². The van der Waals surface area contributed by atoms with Crippen molar-refractivity contribution >= 4 is 41.2 Å². The van der Waals surface area contributed by atoms with Gasteiger partial charge in [-0.15, -0.1) is 11.3 Å². The van der Waals surface area contributed by atoms with Crippen LogP contribution < -0.4 is 4.74 Å². The number of rotatable bonds is 2. The highest BCUT2D eigenvalue weighted by molar-refractivity contribution is 8.13. The summed E-state index contributed by atoms with van der Waals surface area (Å²) < 4.78 is 28.6. The van der Waals surface area contributed by atoms with E-state index in [1.54, 1.807) is 6.07 Å². The number of hydrogen-bond donors (Lipinski definition) is 0. The first-order valence-corrected chi connectivity index (χ1v) is 7.22. The summed E-state index contributed by atoms with van der Waals surface area (Å²) in [4.78, 5) is 0.0116. The predicted octanol–water partition coefficient (Wildman–Crippen LogP) is 2.84. The van der Waals surface area contributed by atoms with E-state index in [-0.39, 0.29) is 4.90 Å². The minimum Gasteiger partial charge on any atom is -0.495 e. The maximum absolute atomic E-state index is 11.3. The summed E-state index contributed by atoms with van der Waals surface area (Å²) in [5.74, 6) is 0.309. The highest BCUT2D eigenvalue weighted by Crippen LogP contribution is 2.36. The Kier molecular flexibility index (Phi) is 2.62. The smallest absolute Gasteiger partial charge is 0.265 e. The Morgan fingerprint density at radius 2 is 2.07 bits per heavy atom. The van der Waals surface area contributed by atoms with Crippen molar-refractivity contribution in [2.45, 2.75) is 4.90 Å². The Morgan fingerprint density at radius 1 is 1.33 bits per heavy atom. The molecular formula is C9H7ClO3S2. The van der Waals surface area contributed by atoms with Crippen LogP contribution in [0.4, 0.5) is 0 Å². The highest BCUT2D eigenvalue weighted by Gasteiger charge is 2.19. The molecule has 6 heteroatoms. The van der Waals surface area contributed by atoms with E-state index in [9.17, 15) is 8.42 Å². The molecule has 2 aromatic rings. The van der Waals surface area contributed by atoms with Crippen LogP contribution in [0.5, 0.6) is 5.75 Å². The molecule has 0 saturated carbocycles. The van der Waals surface area contributed by atoms with Gasteiger partial charge in [-0.1, -0.05) is 0 Å². The average molecular weight is 263 g/mol. The summed E-state index contributed by atoms with van der Waals surface area (Å²) in [6.07, 6.45) is 0. The summed E-state index contributed by atoms with van der Waals surface area (Å²) >= 11 is 1.52. The standard InChI is InChI=1S/C9H7ClO3S2/c1-13-9-6-4-5-14-7(6)2-3-8(9)15(10,11)12/h2-5H,1H3. The molecule has 80 valence electrons. The Morgan fingerprint density at radius 3 is 2.67 bits per heavy atom. The van der Waals surface area contributed by atoms with Crippen LogP contribution in [0.3, 0.4) is 0 Å². The molecule has 0 aliphatic heterocycles. The Bertz CT molecular complexity index is 601. The van der Waals surface area contributed by atoms with Crippen LogP contribution >= 0.6 is 22.0 Å². The second-order valence-corrected chi connectivity index (χ2v) is 6.35.